The molecule has 3 rings (SSSR count). The number of carbonyl (C=O) groups is 1. The van der Waals surface area contributed by atoms with Gasteiger partial charge in [-0.15, -0.1) is 0 Å². The Morgan fingerprint density at radius 1 is 1.10 bits per heavy atom. The van der Waals surface area contributed by atoms with Gasteiger partial charge in [0.2, 0.25) is 0 Å². The highest BCUT2D eigenvalue weighted by molar-refractivity contribution is 5.94. The summed E-state index contributed by atoms with van der Waals surface area (Å²) in [6.45, 7) is 4.51. The molecule has 0 atom stereocenters. The monoisotopic (exact) mass is 420 g/mol. The van der Waals surface area contributed by atoms with E-state index in [1.165, 1.54) is 5.52 Å². The molecule has 0 spiro atoms. The molecule has 0 unspecified atom stereocenters. The third kappa shape index (κ3) is 5.84. The fourth-order valence-corrected chi connectivity index (χ4v) is 3.59. The van der Waals surface area contributed by atoms with E-state index >= 15 is 0 Å². The van der Waals surface area contributed by atoms with E-state index in [2.05, 4.69) is 50.3 Å². The maximum Gasteiger partial charge on any atom is 0.253 e. The topological polar surface area (TPSA) is 74.5 Å². The molecule has 0 aliphatic carbocycles. The van der Waals surface area contributed by atoms with Crippen LogP contribution in [0.15, 0.2) is 53.5 Å². The minimum Gasteiger partial charge on any atom is -0.356 e. The fraction of sp³-hybridized carbons (Fsp3) is 0.375. The van der Waals surface area contributed by atoms with Crippen LogP contribution in [0.5, 0.6) is 0 Å². The zero-order valence-corrected chi connectivity index (χ0v) is 18.9. The van der Waals surface area contributed by atoms with Crippen LogP contribution in [0.2, 0.25) is 0 Å². The Morgan fingerprint density at radius 2 is 1.87 bits per heavy atom. The van der Waals surface area contributed by atoms with Gasteiger partial charge >= 0.3 is 0 Å². The lowest BCUT2D eigenvalue weighted by Crippen LogP contribution is -2.39. The zero-order valence-electron chi connectivity index (χ0n) is 18.9. The molecule has 1 aromatic heterocycles. The summed E-state index contributed by atoms with van der Waals surface area (Å²) in [6.07, 6.45) is 1.78. The number of imidazole rings is 1. The fourth-order valence-electron chi connectivity index (χ4n) is 3.59. The van der Waals surface area contributed by atoms with E-state index in [0.717, 1.165) is 55.3 Å². The lowest BCUT2D eigenvalue weighted by atomic mass is 10.1. The van der Waals surface area contributed by atoms with Crippen LogP contribution in [0, 0.1) is 6.92 Å². The predicted octanol–water partition coefficient (Wildman–Crippen LogP) is 2.84. The van der Waals surface area contributed by atoms with Gasteiger partial charge in [-0.2, -0.15) is 0 Å². The Kier molecular flexibility index (Phi) is 7.65. The van der Waals surface area contributed by atoms with Gasteiger partial charge in [0.1, 0.15) is 5.82 Å². The number of amides is 1. The summed E-state index contributed by atoms with van der Waals surface area (Å²) in [5, 5.41) is 6.72. The summed E-state index contributed by atoms with van der Waals surface area (Å²) in [6, 6.07) is 16.0. The smallest absolute Gasteiger partial charge is 0.253 e. The molecule has 0 saturated carbocycles. The summed E-state index contributed by atoms with van der Waals surface area (Å²) < 4.78 is 2.26. The summed E-state index contributed by atoms with van der Waals surface area (Å²) in [4.78, 5) is 22.6. The van der Waals surface area contributed by atoms with Crippen LogP contribution in [0.3, 0.4) is 0 Å². The van der Waals surface area contributed by atoms with Crippen LogP contribution in [-0.2, 0) is 13.0 Å². The quantitative estimate of drug-likeness (QED) is 0.334. The lowest BCUT2D eigenvalue weighted by molar-refractivity contribution is 0.0827. The number of aromatic nitrogens is 2. The van der Waals surface area contributed by atoms with Crippen LogP contribution in [0.4, 0.5) is 0 Å². The third-order valence-corrected chi connectivity index (χ3v) is 5.21. The van der Waals surface area contributed by atoms with Gasteiger partial charge in [-0.3, -0.25) is 9.79 Å². The molecule has 1 heterocycles. The lowest BCUT2D eigenvalue weighted by Gasteiger charge is -2.13. The van der Waals surface area contributed by atoms with Crippen molar-refractivity contribution < 1.29 is 4.79 Å². The van der Waals surface area contributed by atoms with Crippen molar-refractivity contribution in [3.63, 3.8) is 0 Å². The van der Waals surface area contributed by atoms with Crippen molar-refractivity contribution in [1.82, 2.24) is 25.1 Å². The molecule has 1 amide bonds. The predicted molar refractivity (Wildman–Crippen MR) is 127 cm³/mol. The first-order valence-corrected chi connectivity index (χ1v) is 10.7. The SMILES string of the molecule is CN=C(NCCCn1c(C)nc2ccccc21)NCCc1cccc(C(=O)N(C)C)c1. The van der Waals surface area contributed by atoms with E-state index in [0.29, 0.717) is 5.56 Å². The average Bonchev–Trinajstić information content (AvgIpc) is 3.10. The molecule has 0 fully saturated rings. The van der Waals surface area contributed by atoms with Gasteiger partial charge in [-0.1, -0.05) is 24.3 Å². The molecule has 7 heteroatoms. The van der Waals surface area contributed by atoms with E-state index in [9.17, 15) is 4.79 Å². The molecule has 7 nitrogen and oxygen atoms in total. The van der Waals surface area contributed by atoms with Crippen molar-refractivity contribution >= 4 is 22.9 Å². The minimum absolute atomic E-state index is 0.0215. The Morgan fingerprint density at radius 3 is 2.65 bits per heavy atom. The standard InChI is InChI=1S/C24H32N6O/c1-18-28-21-11-5-6-12-22(21)30(18)16-8-14-26-24(25-2)27-15-13-19-9-7-10-20(17-19)23(31)29(3)4/h5-7,9-12,17H,8,13-16H2,1-4H3,(H2,25,26,27). The Bertz CT molecular complexity index is 1050. The van der Waals surface area contributed by atoms with Crippen LogP contribution in [0.1, 0.15) is 28.2 Å². The van der Waals surface area contributed by atoms with Gasteiger partial charge in [0, 0.05) is 46.3 Å². The van der Waals surface area contributed by atoms with Gasteiger partial charge in [0.05, 0.1) is 11.0 Å². The Hall–Kier alpha value is -3.35. The van der Waals surface area contributed by atoms with E-state index < -0.39 is 0 Å². The molecule has 31 heavy (non-hydrogen) atoms. The molecule has 3 aromatic rings. The summed E-state index contributed by atoms with van der Waals surface area (Å²) in [5.74, 6) is 1.85. The van der Waals surface area contributed by atoms with E-state index in [-0.39, 0.29) is 5.91 Å². The number of nitrogens with zero attached hydrogens (tertiary/aromatic N) is 4. The highest BCUT2D eigenvalue weighted by atomic mass is 16.2. The number of aliphatic imine (C=N–C) groups is 1. The molecule has 0 saturated heterocycles. The molecule has 0 radical (unpaired) electrons. The molecular weight excluding hydrogens is 388 g/mol. The highest BCUT2D eigenvalue weighted by Gasteiger charge is 2.08. The zero-order chi connectivity index (χ0) is 22.2. The summed E-state index contributed by atoms with van der Waals surface area (Å²) in [7, 11) is 5.31. The first kappa shape index (κ1) is 22.3. The van der Waals surface area contributed by atoms with E-state index in [1.54, 1.807) is 26.0 Å². The molecule has 0 bridgehead atoms. The van der Waals surface area contributed by atoms with Crippen LogP contribution in [-0.4, -0.2) is 60.6 Å². The summed E-state index contributed by atoms with van der Waals surface area (Å²) in [5.41, 5.74) is 4.06. The van der Waals surface area contributed by atoms with Gasteiger partial charge in [0.15, 0.2) is 5.96 Å². The van der Waals surface area contributed by atoms with Crippen molar-refractivity contribution in [2.24, 2.45) is 4.99 Å². The number of para-hydroxylation sites is 2. The number of rotatable bonds is 8. The number of aryl methyl sites for hydroxylation is 2. The van der Waals surface area contributed by atoms with Crippen LogP contribution in [0.25, 0.3) is 11.0 Å². The maximum atomic E-state index is 12.1. The van der Waals surface area contributed by atoms with Crippen molar-refractivity contribution in [3.05, 3.63) is 65.5 Å². The number of hydrogen-bond donors (Lipinski definition) is 2. The maximum absolute atomic E-state index is 12.1. The third-order valence-electron chi connectivity index (χ3n) is 5.21. The number of carbonyl (C=O) groups excluding carboxylic acids is 1. The van der Waals surface area contributed by atoms with Gasteiger partial charge in [-0.25, -0.2) is 4.98 Å². The van der Waals surface area contributed by atoms with Crippen molar-refractivity contribution in [3.8, 4) is 0 Å². The van der Waals surface area contributed by atoms with Crippen molar-refractivity contribution in [1.29, 1.82) is 0 Å². The van der Waals surface area contributed by atoms with Crippen molar-refractivity contribution in [2.45, 2.75) is 26.3 Å². The number of nitrogens with one attached hydrogen (secondary N) is 2. The Labute approximate surface area is 184 Å². The molecule has 0 aliphatic rings. The molecule has 164 valence electrons. The Balaban J connectivity index is 1.43. The van der Waals surface area contributed by atoms with E-state index in [1.807, 2.05) is 30.3 Å². The second kappa shape index (κ2) is 10.6. The number of benzene rings is 2. The molecular formula is C24H32N6O. The number of fused-ring (bicyclic) bond motifs is 1. The highest BCUT2D eigenvalue weighted by Crippen LogP contribution is 2.15. The van der Waals surface area contributed by atoms with Crippen molar-refractivity contribution in [2.75, 3.05) is 34.2 Å². The largest absolute Gasteiger partial charge is 0.356 e. The van der Waals surface area contributed by atoms with E-state index in [4.69, 9.17) is 0 Å². The number of guanidine groups is 1. The second-order valence-electron chi connectivity index (χ2n) is 7.73. The molecule has 2 N–H and O–H groups in total. The van der Waals surface area contributed by atoms with Gasteiger partial charge in [0.25, 0.3) is 5.91 Å². The second-order valence-corrected chi connectivity index (χ2v) is 7.73. The van der Waals surface area contributed by atoms with Gasteiger partial charge < -0.3 is 20.1 Å². The minimum atomic E-state index is 0.0215. The first-order valence-electron chi connectivity index (χ1n) is 10.7. The average molecular weight is 421 g/mol. The normalized spacial score (nSPS) is 11.5. The molecule has 2 aromatic carbocycles. The number of hydrogen-bond acceptors (Lipinski definition) is 3. The molecule has 0 aliphatic heterocycles. The summed E-state index contributed by atoms with van der Waals surface area (Å²) >= 11 is 0. The van der Waals surface area contributed by atoms with Crippen LogP contribution >= 0.6 is 0 Å². The van der Waals surface area contributed by atoms with Gasteiger partial charge in [-0.05, 0) is 49.6 Å². The van der Waals surface area contributed by atoms with Crippen LogP contribution < -0.4 is 10.6 Å². The first-order chi connectivity index (χ1) is 15.0.